The summed E-state index contributed by atoms with van der Waals surface area (Å²) in [6.45, 7) is 11.8. The van der Waals surface area contributed by atoms with Gasteiger partial charge in [-0.05, 0) is 103 Å². The van der Waals surface area contributed by atoms with Gasteiger partial charge in [-0.2, -0.15) is 0 Å². The number of aliphatic hydroxyl groups is 3. The SMILES string of the molecule is COC(O)/C=C/[C]1C[C@@H](C)C2[C](O1)[C@H](O)[C@@]1(C)[C@@H]3CC[C@H]4C(C)(C)C(O)CC[C@@]45CC35CC[C@]21C. The van der Waals surface area contributed by atoms with Crippen LogP contribution in [-0.4, -0.2) is 40.9 Å². The summed E-state index contributed by atoms with van der Waals surface area (Å²) in [7, 11) is 1.48. The van der Waals surface area contributed by atoms with Gasteiger partial charge in [-0.25, -0.2) is 0 Å². The molecule has 1 heterocycles. The maximum absolute atomic E-state index is 12.1. The second-order valence-corrected chi connectivity index (χ2v) is 14.3. The molecule has 196 valence electrons. The van der Waals surface area contributed by atoms with E-state index in [1.54, 1.807) is 6.08 Å². The van der Waals surface area contributed by atoms with E-state index < -0.39 is 12.4 Å². The zero-order chi connectivity index (χ0) is 25.2. The summed E-state index contributed by atoms with van der Waals surface area (Å²) in [5.41, 5.74) is 0.447. The molecule has 6 aliphatic rings. The smallest absolute Gasteiger partial charge is 0.173 e. The van der Waals surface area contributed by atoms with Crippen LogP contribution in [0.1, 0.15) is 86.0 Å². The monoisotopic (exact) mass is 486 g/mol. The van der Waals surface area contributed by atoms with Crippen molar-refractivity contribution in [3.05, 3.63) is 24.4 Å². The summed E-state index contributed by atoms with van der Waals surface area (Å²) in [6.07, 6.45) is 12.3. The first-order chi connectivity index (χ1) is 16.4. The normalized spacial score (nSPS) is 56.0. The highest BCUT2D eigenvalue weighted by atomic mass is 16.6. The Morgan fingerprint density at radius 1 is 1.00 bits per heavy atom. The molecular formula is C30H46O5. The Morgan fingerprint density at radius 2 is 1.69 bits per heavy atom. The minimum absolute atomic E-state index is 0.0126. The Hall–Kier alpha value is -0.460. The van der Waals surface area contributed by atoms with Crippen LogP contribution in [0.25, 0.3) is 0 Å². The molecule has 3 N–H and O–H groups in total. The number of hydrogen-bond donors (Lipinski definition) is 3. The average Bonchev–Trinajstić information content (AvgIpc) is 3.45. The second-order valence-electron chi connectivity index (χ2n) is 14.3. The van der Waals surface area contributed by atoms with Crippen LogP contribution in [0.5, 0.6) is 0 Å². The van der Waals surface area contributed by atoms with Crippen LogP contribution in [0.2, 0.25) is 0 Å². The Bertz CT molecular complexity index is 901. The lowest BCUT2D eigenvalue weighted by Gasteiger charge is -2.63. The third kappa shape index (κ3) is 2.83. The van der Waals surface area contributed by atoms with Gasteiger partial charge in [0.05, 0.1) is 12.2 Å². The van der Waals surface area contributed by atoms with Gasteiger partial charge >= 0.3 is 0 Å². The predicted octanol–water partition coefficient (Wildman–Crippen LogP) is 5.01. The molecule has 2 spiro atoms. The maximum Gasteiger partial charge on any atom is 0.173 e. The first kappa shape index (κ1) is 24.9. The molecule has 5 heteroatoms. The minimum atomic E-state index is -0.949. The molecule has 0 bridgehead atoms. The number of rotatable bonds is 3. The van der Waals surface area contributed by atoms with Crippen molar-refractivity contribution < 1.29 is 24.8 Å². The molecule has 1 saturated heterocycles. The molecule has 0 aromatic rings. The van der Waals surface area contributed by atoms with Crippen molar-refractivity contribution in [2.24, 2.45) is 50.7 Å². The lowest BCUT2D eigenvalue weighted by molar-refractivity contribution is -0.181. The fourth-order valence-corrected chi connectivity index (χ4v) is 11.3. The highest BCUT2D eigenvalue weighted by Gasteiger charge is 2.84. The standard InChI is InChI=1S/C30H46O5/c1-17-15-18(7-10-22(32)34-6)35-24-23(17)27(4)13-14-30-16-29(30)12-11-21(31)26(2,3)19(29)8-9-20(30)28(27,5)25(24)33/h7,10,17,19-23,25,31-33H,8-9,11-16H2,1-6H3/b10-7+/t17-,19+,20+,21?,22?,23?,25+,27-,28-,29-,30?/m1/s1. The van der Waals surface area contributed by atoms with Gasteiger partial charge in [0.2, 0.25) is 0 Å². The van der Waals surface area contributed by atoms with Crippen molar-refractivity contribution in [3.63, 3.8) is 0 Å². The van der Waals surface area contributed by atoms with Crippen LogP contribution in [-0.2, 0) is 9.47 Å². The Balaban J connectivity index is 1.33. The third-order valence-corrected chi connectivity index (χ3v) is 13.1. The average molecular weight is 487 g/mol. The van der Waals surface area contributed by atoms with Crippen LogP contribution in [0.15, 0.2) is 12.2 Å². The highest BCUT2D eigenvalue weighted by molar-refractivity contribution is 5.35. The summed E-state index contributed by atoms with van der Waals surface area (Å²) in [5, 5.41) is 32.8. The second kappa shape index (κ2) is 7.56. The number of methoxy groups -OCH3 is 1. The zero-order valence-electron chi connectivity index (χ0n) is 22.5. The molecule has 0 aromatic carbocycles. The summed E-state index contributed by atoms with van der Waals surface area (Å²) < 4.78 is 11.4. The number of aliphatic hydroxyl groups excluding tert-OH is 3. The molecule has 6 fully saturated rings. The van der Waals surface area contributed by atoms with Gasteiger partial charge in [-0.3, -0.25) is 0 Å². The number of hydrogen-bond acceptors (Lipinski definition) is 5. The lowest BCUT2D eigenvalue weighted by Crippen LogP contribution is -2.59. The molecule has 4 unspecified atom stereocenters. The molecule has 0 amide bonds. The van der Waals surface area contributed by atoms with E-state index in [1.165, 1.54) is 26.4 Å². The van der Waals surface area contributed by atoms with Crippen molar-refractivity contribution in [2.45, 2.75) is 104 Å². The van der Waals surface area contributed by atoms with Gasteiger partial charge in [0.25, 0.3) is 0 Å². The maximum atomic E-state index is 12.1. The molecule has 2 radical (unpaired) electrons. The van der Waals surface area contributed by atoms with Crippen molar-refractivity contribution in [2.75, 3.05) is 7.11 Å². The van der Waals surface area contributed by atoms with Gasteiger partial charge in [0, 0.05) is 18.4 Å². The summed E-state index contributed by atoms with van der Waals surface area (Å²) >= 11 is 0. The molecule has 0 aromatic heterocycles. The van der Waals surface area contributed by atoms with E-state index >= 15 is 0 Å². The Kier molecular flexibility index (Phi) is 5.37. The topological polar surface area (TPSA) is 79.2 Å². The van der Waals surface area contributed by atoms with Gasteiger partial charge in [0.1, 0.15) is 12.2 Å². The summed E-state index contributed by atoms with van der Waals surface area (Å²) in [4.78, 5) is 0. The quantitative estimate of drug-likeness (QED) is 0.489. The molecular weight excluding hydrogens is 440 g/mol. The number of fused-ring (bicyclic) bond motifs is 4. The van der Waals surface area contributed by atoms with E-state index in [0.29, 0.717) is 28.6 Å². The Morgan fingerprint density at radius 3 is 2.40 bits per heavy atom. The third-order valence-electron chi connectivity index (χ3n) is 13.1. The van der Waals surface area contributed by atoms with Crippen molar-refractivity contribution in [1.82, 2.24) is 0 Å². The molecule has 6 rings (SSSR count). The van der Waals surface area contributed by atoms with E-state index in [-0.39, 0.29) is 28.3 Å². The van der Waals surface area contributed by atoms with E-state index in [2.05, 4.69) is 34.6 Å². The molecule has 5 aliphatic carbocycles. The van der Waals surface area contributed by atoms with Gasteiger partial charge in [0.15, 0.2) is 6.29 Å². The van der Waals surface area contributed by atoms with Gasteiger partial charge in [-0.15, -0.1) is 0 Å². The van der Waals surface area contributed by atoms with E-state index in [4.69, 9.17) is 9.47 Å². The van der Waals surface area contributed by atoms with Crippen LogP contribution >= 0.6 is 0 Å². The zero-order valence-corrected chi connectivity index (χ0v) is 22.5. The van der Waals surface area contributed by atoms with Crippen LogP contribution < -0.4 is 0 Å². The molecule has 5 nitrogen and oxygen atoms in total. The molecule has 1 aliphatic heterocycles. The summed E-state index contributed by atoms with van der Waals surface area (Å²) in [5.74, 6) is 1.71. The molecule has 35 heavy (non-hydrogen) atoms. The Labute approximate surface area is 211 Å². The van der Waals surface area contributed by atoms with Gasteiger partial charge in [-0.1, -0.05) is 34.6 Å². The first-order valence-corrected chi connectivity index (χ1v) is 14.0. The largest absolute Gasteiger partial charge is 0.393 e. The van der Waals surface area contributed by atoms with E-state index in [9.17, 15) is 15.3 Å². The molecule has 11 atom stereocenters. The summed E-state index contributed by atoms with van der Waals surface area (Å²) in [6, 6.07) is 0. The van der Waals surface area contributed by atoms with Crippen molar-refractivity contribution >= 4 is 0 Å². The van der Waals surface area contributed by atoms with Gasteiger partial charge < -0.3 is 24.8 Å². The lowest BCUT2D eigenvalue weighted by atomic mass is 9.41. The van der Waals surface area contributed by atoms with E-state index in [0.717, 1.165) is 44.3 Å². The van der Waals surface area contributed by atoms with Crippen LogP contribution in [0.3, 0.4) is 0 Å². The van der Waals surface area contributed by atoms with Crippen molar-refractivity contribution in [3.8, 4) is 0 Å². The number of ether oxygens (including phenoxy) is 2. The van der Waals surface area contributed by atoms with Crippen molar-refractivity contribution in [1.29, 1.82) is 0 Å². The van der Waals surface area contributed by atoms with E-state index in [1.807, 2.05) is 6.08 Å². The minimum Gasteiger partial charge on any atom is -0.393 e. The fourth-order valence-electron chi connectivity index (χ4n) is 11.3. The van der Waals surface area contributed by atoms with Crippen LogP contribution in [0, 0.1) is 63.0 Å². The fraction of sp³-hybridized carbons (Fsp3) is 0.867. The predicted molar refractivity (Wildman–Crippen MR) is 133 cm³/mol. The first-order valence-electron chi connectivity index (χ1n) is 14.0. The van der Waals surface area contributed by atoms with Crippen LogP contribution in [0.4, 0.5) is 0 Å². The molecule has 5 saturated carbocycles. The highest BCUT2D eigenvalue weighted by Crippen LogP contribution is 2.89.